The van der Waals surface area contributed by atoms with Gasteiger partial charge in [0.15, 0.2) is 23.0 Å². The van der Waals surface area contributed by atoms with E-state index in [1.165, 1.54) is 0 Å². The summed E-state index contributed by atoms with van der Waals surface area (Å²) in [6.07, 6.45) is 8.29. The third kappa shape index (κ3) is 13.6. The van der Waals surface area contributed by atoms with Crippen LogP contribution in [0.15, 0.2) is 158 Å². The van der Waals surface area contributed by atoms with Crippen molar-refractivity contribution < 1.29 is 37.9 Å². The molecule has 3 aliphatic rings. The van der Waals surface area contributed by atoms with Crippen LogP contribution in [0.2, 0.25) is 0 Å². The molecule has 77 heavy (non-hydrogen) atoms. The Hall–Kier alpha value is -6.88. The Morgan fingerprint density at radius 1 is 0.312 bits per heavy atom. The molecule has 0 aliphatic carbocycles. The van der Waals surface area contributed by atoms with Gasteiger partial charge in [0, 0.05) is 0 Å². The van der Waals surface area contributed by atoms with Gasteiger partial charge in [0.25, 0.3) is 0 Å². The third-order valence-electron chi connectivity index (χ3n) is 12.6. The normalized spacial score (nSPS) is 14.6. The molecule has 0 amide bonds. The summed E-state index contributed by atoms with van der Waals surface area (Å²) in [6.45, 7) is 4.35. The fourth-order valence-corrected chi connectivity index (χ4v) is 9.16. The molecular weight excluding hydrogens is 1120 g/mol. The van der Waals surface area contributed by atoms with Crippen LogP contribution in [0.25, 0.3) is 90.9 Å². The van der Waals surface area contributed by atoms with Crippen LogP contribution in [0.5, 0.6) is 23.0 Å². The Balaban J connectivity index is 0.00000219. The zero-order chi connectivity index (χ0) is 52.4. The molecule has 0 atom stereocenters. The molecule has 8 aromatic rings. The van der Waals surface area contributed by atoms with Crippen molar-refractivity contribution in [1.82, 2.24) is 19.9 Å². The molecule has 6 heterocycles. The van der Waals surface area contributed by atoms with Gasteiger partial charge in [0.1, 0.15) is 26.4 Å². The second kappa shape index (κ2) is 27.4. The molecule has 0 N–H and O–H groups in total. The fraction of sp³-hybridized carbons (Fsp3) is 0.194. The van der Waals surface area contributed by atoms with Crippen molar-refractivity contribution in [2.75, 3.05) is 79.3 Å². The Kier molecular flexibility index (Phi) is 19.1. The first-order valence-corrected chi connectivity index (χ1v) is 32.6. The maximum absolute atomic E-state index is 6.51. The molecular formula is C62H54Cl2N4O8Sn. The molecule has 0 fully saturated rings. The van der Waals surface area contributed by atoms with Crippen LogP contribution in [-0.2, 0) is 18.9 Å². The Morgan fingerprint density at radius 3 is 0.948 bits per heavy atom. The predicted octanol–water partition coefficient (Wildman–Crippen LogP) is 12.9. The number of fused-ring (bicyclic) bond motifs is 10. The second-order valence-corrected chi connectivity index (χ2v) is 21.7. The van der Waals surface area contributed by atoms with Gasteiger partial charge in [-0.1, -0.05) is 133 Å². The van der Waals surface area contributed by atoms with Gasteiger partial charge in [-0.25, -0.2) is 9.97 Å². The minimum atomic E-state index is -0.826. The zero-order valence-electron chi connectivity index (χ0n) is 42.1. The average molecular weight is 1170 g/mol. The van der Waals surface area contributed by atoms with Crippen LogP contribution in [0.1, 0.15) is 22.8 Å². The van der Waals surface area contributed by atoms with E-state index >= 15 is 0 Å². The molecule has 0 saturated heterocycles. The third-order valence-corrected chi connectivity index (χ3v) is 12.6. The number of benzene rings is 5. The van der Waals surface area contributed by atoms with Crippen molar-refractivity contribution in [3.8, 4) is 67.5 Å². The number of rotatable bonds is 4. The second-order valence-electron chi connectivity index (χ2n) is 17.5. The van der Waals surface area contributed by atoms with Crippen LogP contribution in [-0.4, -0.2) is 108 Å². The van der Waals surface area contributed by atoms with Crippen LogP contribution < -0.4 is 28.9 Å². The van der Waals surface area contributed by atoms with E-state index in [1.807, 2.05) is 97.1 Å². The molecule has 0 unspecified atom stereocenters. The molecule has 0 saturated carbocycles. The first-order valence-electron chi connectivity index (χ1n) is 25.4. The monoisotopic (exact) mass is 1170 g/mol. The SMILES string of the molecule is C1=Cc2nc1c(-c1ccccc1)c1ccc([n-]1)c(-c1ccccc1)c1nc(c(-c3ccc4c(c3)OCCOCCOCCOc3ccccc3OCCOCCOCCO4)c3ccc([n-]3)c2-c2ccccc2)C=C1.[Cl][Sn+2][Cl]. The van der Waals surface area contributed by atoms with Gasteiger partial charge in [-0.3, -0.25) is 0 Å². The molecule has 388 valence electrons. The number of nitrogens with zero attached hydrogens (tertiary/aromatic N) is 4. The van der Waals surface area contributed by atoms with Gasteiger partial charge in [-0.2, -0.15) is 0 Å². The molecule has 8 bridgehead atoms. The van der Waals surface area contributed by atoms with Gasteiger partial charge in [0.2, 0.25) is 0 Å². The summed E-state index contributed by atoms with van der Waals surface area (Å²) < 4.78 is 48.2. The van der Waals surface area contributed by atoms with Crippen LogP contribution in [0, 0.1) is 0 Å². The zero-order valence-corrected chi connectivity index (χ0v) is 46.5. The number of para-hydroxylation sites is 2. The minimum absolute atomic E-state index is 0.262. The molecule has 15 heteroatoms. The summed E-state index contributed by atoms with van der Waals surface area (Å²) in [5, 5.41) is 0. The number of halogens is 2. The van der Waals surface area contributed by atoms with Crippen molar-refractivity contribution in [3.63, 3.8) is 0 Å². The molecule has 3 aliphatic heterocycles. The summed E-state index contributed by atoms with van der Waals surface area (Å²) in [5.74, 6) is 2.41. The number of ether oxygens (including phenoxy) is 8. The quantitative estimate of drug-likeness (QED) is 0.156. The van der Waals surface area contributed by atoms with E-state index in [2.05, 4.69) is 85.0 Å². The van der Waals surface area contributed by atoms with E-state index in [-0.39, 0.29) is 13.2 Å². The number of hydrogen-bond donors (Lipinski definition) is 0. The molecule has 0 radical (unpaired) electrons. The van der Waals surface area contributed by atoms with E-state index in [9.17, 15) is 0 Å². The summed E-state index contributed by atoms with van der Waals surface area (Å²) in [4.78, 5) is 21.7. The van der Waals surface area contributed by atoms with E-state index in [0.717, 1.165) is 89.4 Å². The molecule has 12 nitrogen and oxygen atoms in total. The first kappa shape index (κ1) is 53.5. The van der Waals surface area contributed by atoms with Crippen molar-refractivity contribution >= 4 is 83.1 Å². The Labute approximate surface area is 465 Å². The van der Waals surface area contributed by atoms with E-state index in [4.69, 9.17) is 75.7 Å². The number of aromatic nitrogens is 4. The standard InChI is InChI=1S/C62H54N4O8.2ClH.Sn/c1-4-12-43(13-5-1)59-47-21-23-49(63-47)60(44-14-6-2-7-15-44)51-25-27-53(65-51)62(54-28-26-52(66-54)61(45-16-8-3-9-17-45)50-24-22-48(59)64-50)46-20-29-57-58(42-46)74-41-37-70-33-32-68-35-39-72-56-19-11-10-18-55(56)71-38-34-67-30-31-69-36-40-73-57;;;/h1-29,42H,30-41H2;2*1H;/q-2;;;+4/p-2. The topological polar surface area (TPSA) is 128 Å². The summed E-state index contributed by atoms with van der Waals surface area (Å²) in [6, 6.07) is 52.8. The molecule has 11 rings (SSSR count). The van der Waals surface area contributed by atoms with E-state index in [1.54, 1.807) is 0 Å². The van der Waals surface area contributed by atoms with Gasteiger partial charge in [-0.15, -0.1) is 22.1 Å². The summed E-state index contributed by atoms with van der Waals surface area (Å²) in [7, 11) is 9.87. The van der Waals surface area contributed by atoms with Crippen molar-refractivity contribution in [2.24, 2.45) is 0 Å². The maximum atomic E-state index is 6.51. The van der Waals surface area contributed by atoms with Gasteiger partial charge in [-0.05, 0) is 93.1 Å². The molecule has 3 aromatic heterocycles. The number of hydrogen-bond acceptors (Lipinski definition) is 10. The van der Waals surface area contributed by atoms with Crippen molar-refractivity contribution in [3.05, 3.63) is 181 Å². The van der Waals surface area contributed by atoms with Crippen molar-refractivity contribution in [1.29, 1.82) is 0 Å². The van der Waals surface area contributed by atoms with Gasteiger partial charge in [0.05, 0.1) is 75.6 Å². The fourth-order valence-electron chi connectivity index (χ4n) is 9.16. The Morgan fingerprint density at radius 2 is 0.597 bits per heavy atom. The summed E-state index contributed by atoms with van der Waals surface area (Å²) >= 11 is -0.826. The summed E-state index contributed by atoms with van der Waals surface area (Å²) in [5.41, 5.74) is 13.6. The molecule has 0 spiro atoms. The van der Waals surface area contributed by atoms with Crippen LogP contribution >= 0.6 is 17.8 Å². The van der Waals surface area contributed by atoms with Gasteiger partial charge < -0.3 is 47.9 Å². The van der Waals surface area contributed by atoms with E-state index in [0.29, 0.717) is 89.1 Å². The Bertz CT molecular complexity index is 3430. The van der Waals surface area contributed by atoms with Gasteiger partial charge >= 0.3 is 36.7 Å². The van der Waals surface area contributed by atoms with Crippen molar-refractivity contribution in [2.45, 2.75) is 0 Å². The molecule has 5 aromatic carbocycles. The van der Waals surface area contributed by atoms with E-state index < -0.39 is 18.9 Å². The predicted molar refractivity (Wildman–Crippen MR) is 308 cm³/mol. The van der Waals surface area contributed by atoms with Crippen LogP contribution in [0.3, 0.4) is 0 Å². The van der Waals surface area contributed by atoms with Crippen LogP contribution in [0.4, 0.5) is 0 Å². The first-order chi connectivity index (χ1) is 38.1. The average Bonchev–Trinajstić information content (AvgIpc) is 4.34.